The second-order valence-corrected chi connectivity index (χ2v) is 6.12. The highest BCUT2D eigenvalue weighted by molar-refractivity contribution is 5.80. The van der Waals surface area contributed by atoms with E-state index in [1.807, 2.05) is 6.92 Å². The number of hydrogen-bond donors (Lipinski definition) is 2. The summed E-state index contributed by atoms with van der Waals surface area (Å²) in [4.78, 5) is 22.8. The van der Waals surface area contributed by atoms with Crippen LogP contribution >= 0.6 is 0 Å². The molecule has 0 radical (unpaired) electrons. The summed E-state index contributed by atoms with van der Waals surface area (Å²) >= 11 is 0. The zero-order chi connectivity index (χ0) is 13.9. The maximum absolute atomic E-state index is 11.6. The highest BCUT2D eigenvalue weighted by atomic mass is 16.6. The predicted octanol–water partition coefficient (Wildman–Crippen LogP) is 2.40. The van der Waals surface area contributed by atoms with E-state index >= 15 is 0 Å². The van der Waals surface area contributed by atoms with Gasteiger partial charge in [-0.05, 0) is 39.0 Å². The van der Waals surface area contributed by atoms with Gasteiger partial charge in [0.25, 0.3) is 0 Å². The van der Waals surface area contributed by atoms with Gasteiger partial charge in [0.2, 0.25) is 0 Å². The van der Waals surface area contributed by atoms with Crippen molar-refractivity contribution in [3.63, 3.8) is 0 Å². The molecule has 104 valence electrons. The van der Waals surface area contributed by atoms with Gasteiger partial charge in [-0.1, -0.05) is 19.8 Å². The Morgan fingerprint density at radius 3 is 2.33 bits per heavy atom. The molecule has 0 saturated heterocycles. The fourth-order valence-electron chi connectivity index (χ4n) is 1.90. The van der Waals surface area contributed by atoms with E-state index in [-0.39, 0.29) is 5.92 Å². The van der Waals surface area contributed by atoms with Crippen molar-refractivity contribution in [1.82, 2.24) is 5.32 Å². The Morgan fingerprint density at radius 1 is 1.39 bits per heavy atom. The van der Waals surface area contributed by atoms with Crippen LogP contribution in [0.15, 0.2) is 0 Å². The number of aliphatic carboxylic acids is 1. The fourth-order valence-corrected chi connectivity index (χ4v) is 1.90. The van der Waals surface area contributed by atoms with Crippen LogP contribution in [0.25, 0.3) is 0 Å². The van der Waals surface area contributed by atoms with Crippen LogP contribution in [0.5, 0.6) is 0 Å². The van der Waals surface area contributed by atoms with E-state index in [1.165, 1.54) is 12.8 Å². The second-order valence-electron chi connectivity index (χ2n) is 6.12. The molecule has 1 aliphatic rings. The minimum Gasteiger partial charge on any atom is -0.480 e. The third kappa shape index (κ3) is 5.38. The fraction of sp³-hybridized carbons (Fsp3) is 0.846. The molecule has 1 unspecified atom stereocenters. The molecular weight excluding hydrogens is 234 g/mol. The van der Waals surface area contributed by atoms with Crippen molar-refractivity contribution in [2.24, 2.45) is 11.8 Å². The van der Waals surface area contributed by atoms with Crippen LogP contribution in [-0.2, 0) is 9.53 Å². The summed E-state index contributed by atoms with van der Waals surface area (Å²) in [7, 11) is 0. The Morgan fingerprint density at radius 2 is 1.94 bits per heavy atom. The van der Waals surface area contributed by atoms with Gasteiger partial charge in [-0.25, -0.2) is 9.59 Å². The van der Waals surface area contributed by atoms with Gasteiger partial charge in [-0.15, -0.1) is 0 Å². The first-order valence-electron chi connectivity index (χ1n) is 6.41. The van der Waals surface area contributed by atoms with Crippen LogP contribution in [0.3, 0.4) is 0 Å². The van der Waals surface area contributed by atoms with Crippen molar-refractivity contribution in [2.45, 2.75) is 58.6 Å². The number of carboxylic acids is 1. The number of nitrogens with one attached hydrogen (secondary N) is 1. The van der Waals surface area contributed by atoms with Gasteiger partial charge in [0.15, 0.2) is 0 Å². The topological polar surface area (TPSA) is 75.6 Å². The lowest BCUT2D eigenvalue weighted by atomic mass is 9.96. The lowest BCUT2D eigenvalue weighted by Gasteiger charge is -2.24. The molecular formula is C13H23NO4. The lowest BCUT2D eigenvalue weighted by molar-refractivity contribution is -0.140. The lowest BCUT2D eigenvalue weighted by Crippen LogP contribution is -2.47. The van der Waals surface area contributed by atoms with Crippen LogP contribution in [0.2, 0.25) is 0 Å². The summed E-state index contributed by atoms with van der Waals surface area (Å²) in [5, 5.41) is 11.6. The quantitative estimate of drug-likeness (QED) is 0.793. The Labute approximate surface area is 108 Å². The number of carboxylic acid groups (broad SMARTS) is 1. The van der Waals surface area contributed by atoms with Gasteiger partial charge in [0, 0.05) is 0 Å². The Hall–Kier alpha value is -1.26. The van der Waals surface area contributed by atoms with E-state index in [4.69, 9.17) is 9.84 Å². The van der Waals surface area contributed by atoms with Crippen LogP contribution in [0.1, 0.15) is 47.0 Å². The molecule has 1 aliphatic carbocycles. The molecule has 0 aromatic rings. The number of amides is 1. The monoisotopic (exact) mass is 257 g/mol. The summed E-state index contributed by atoms with van der Waals surface area (Å²) < 4.78 is 5.08. The molecule has 18 heavy (non-hydrogen) atoms. The largest absolute Gasteiger partial charge is 0.480 e. The van der Waals surface area contributed by atoms with Crippen molar-refractivity contribution in [1.29, 1.82) is 0 Å². The zero-order valence-electron chi connectivity index (χ0n) is 11.5. The van der Waals surface area contributed by atoms with E-state index in [2.05, 4.69) is 5.32 Å². The zero-order valence-corrected chi connectivity index (χ0v) is 11.5. The summed E-state index contributed by atoms with van der Waals surface area (Å²) in [5.41, 5.74) is -0.618. The van der Waals surface area contributed by atoms with Crippen LogP contribution in [0.4, 0.5) is 4.79 Å². The van der Waals surface area contributed by atoms with E-state index < -0.39 is 23.7 Å². The molecule has 0 aliphatic heterocycles. The Kier molecular flexibility index (Phi) is 4.59. The van der Waals surface area contributed by atoms with E-state index in [9.17, 15) is 9.59 Å². The third-order valence-electron chi connectivity index (χ3n) is 2.91. The number of rotatable bonds is 5. The summed E-state index contributed by atoms with van der Waals surface area (Å²) in [5.74, 6) is -0.459. The highest BCUT2D eigenvalue weighted by Gasteiger charge is 2.33. The molecule has 1 rings (SSSR count). The standard InChI is InChI=1S/C13H23NO4/c1-8(7-9-5-6-9)10(11(15)16)14-12(17)18-13(2,3)4/h8-10H,5-7H2,1-4H3,(H,14,17)(H,15,16)/t8?,10-/m0/s1. The first-order chi connectivity index (χ1) is 8.19. The maximum Gasteiger partial charge on any atom is 0.408 e. The van der Waals surface area contributed by atoms with Crippen molar-refractivity contribution < 1.29 is 19.4 Å². The van der Waals surface area contributed by atoms with Crippen LogP contribution < -0.4 is 5.32 Å². The summed E-state index contributed by atoms with van der Waals surface area (Å²) in [6.07, 6.45) is 2.51. The SMILES string of the molecule is CC(CC1CC1)[C@H](NC(=O)OC(C)(C)C)C(=O)O. The van der Waals surface area contributed by atoms with E-state index in [0.29, 0.717) is 5.92 Å². The molecule has 5 heteroatoms. The van der Waals surface area contributed by atoms with Crippen LogP contribution in [-0.4, -0.2) is 28.8 Å². The molecule has 1 saturated carbocycles. The molecule has 0 aromatic heterocycles. The van der Waals surface area contributed by atoms with Crippen molar-refractivity contribution >= 4 is 12.1 Å². The first-order valence-corrected chi connectivity index (χ1v) is 6.41. The molecule has 0 heterocycles. The second kappa shape index (κ2) is 5.59. The molecule has 5 nitrogen and oxygen atoms in total. The minimum absolute atomic E-state index is 0.0810. The summed E-state index contributed by atoms with van der Waals surface area (Å²) in [6.45, 7) is 7.09. The van der Waals surface area contributed by atoms with Crippen molar-refractivity contribution in [3.8, 4) is 0 Å². The average molecular weight is 257 g/mol. The van der Waals surface area contributed by atoms with Gasteiger partial charge >= 0.3 is 12.1 Å². The molecule has 0 bridgehead atoms. The Balaban J connectivity index is 2.50. The molecule has 2 N–H and O–H groups in total. The number of hydrogen-bond acceptors (Lipinski definition) is 3. The third-order valence-corrected chi connectivity index (χ3v) is 2.91. The van der Waals surface area contributed by atoms with Crippen molar-refractivity contribution in [2.75, 3.05) is 0 Å². The van der Waals surface area contributed by atoms with Gasteiger partial charge in [0.05, 0.1) is 0 Å². The number of carbonyl (C=O) groups excluding carboxylic acids is 1. The van der Waals surface area contributed by atoms with Crippen molar-refractivity contribution in [3.05, 3.63) is 0 Å². The highest BCUT2D eigenvalue weighted by Crippen LogP contribution is 2.36. The van der Waals surface area contributed by atoms with Gasteiger partial charge in [-0.3, -0.25) is 0 Å². The minimum atomic E-state index is -1.01. The van der Waals surface area contributed by atoms with Crippen LogP contribution in [0, 0.1) is 11.8 Å². The average Bonchev–Trinajstić information content (AvgIpc) is 2.94. The van der Waals surface area contributed by atoms with Gasteiger partial charge in [0.1, 0.15) is 11.6 Å². The molecule has 1 amide bonds. The Bertz CT molecular complexity index is 317. The molecule has 2 atom stereocenters. The van der Waals surface area contributed by atoms with E-state index in [1.54, 1.807) is 20.8 Å². The number of ether oxygens (including phenoxy) is 1. The normalized spacial score (nSPS) is 18.9. The smallest absolute Gasteiger partial charge is 0.408 e. The molecule has 1 fully saturated rings. The first kappa shape index (κ1) is 14.8. The number of alkyl carbamates (subject to hydrolysis) is 1. The van der Waals surface area contributed by atoms with Gasteiger partial charge in [-0.2, -0.15) is 0 Å². The van der Waals surface area contributed by atoms with Gasteiger partial charge < -0.3 is 15.2 Å². The molecule has 0 spiro atoms. The summed E-state index contributed by atoms with van der Waals surface area (Å²) in [6, 6.07) is -0.875. The predicted molar refractivity (Wildman–Crippen MR) is 67.3 cm³/mol. The van der Waals surface area contributed by atoms with E-state index in [0.717, 1.165) is 6.42 Å². The number of carbonyl (C=O) groups is 2. The molecule has 0 aromatic carbocycles. The maximum atomic E-state index is 11.6.